The fourth-order valence-corrected chi connectivity index (χ4v) is 4.14. The Bertz CT molecular complexity index is 416. The van der Waals surface area contributed by atoms with Crippen molar-refractivity contribution in [3.05, 3.63) is 0 Å². The monoisotopic (exact) mass is 288 g/mol. The summed E-state index contributed by atoms with van der Waals surface area (Å²) in [6.07, 6.45) is 5.07. The fraction of sp³-hybridized carbons (Fsp3) is 0.923. The molecular formula is C13H24N2O3S. The van der Waals surface area contributed by atoms with Crippen LogP contribution < -0.4 is 0 Å². The Morgan fingerprint density at radius 3 is 2.37 bits per heavy atom. The third-order valence-corrected chi connectivity index (χ3v) is 6.11. The molecule has 1 saturated carbocycles. The van der Waals surface area contributed by atoms with Crippen LogP contribution in [-0.2, 0) is 14.8 Å². The highest BCUT2D eigenvalue weighted by molar-refractivity contribution is 7.89. The maximum Gasteiger partial charge on any atom is 0.225 e. The summed E-state index contributed by atoms with van der Waals surface area (Å²) in [4.78, 5) is 14.2. The summed E-state index contributed by atoms with van der Waals surface area (Å²) < 4.78 is 25.3. The van der Waals surface area contributed by atoms with Crippen molar-refractivity contribution in [2.75, 3.05) is 31.9 Å². The van der Waals surface area contributed by atoms with Gasteiger partial charge in [-0.15, -0.1) is 0 Å². The zero-order valence-electron chi connectivity index (χ0n) is 11.7. The smallest absolute Gasteiger partial charge is 0.225 e. The third kappa shape index (κ3) is 3.48. The lowest BCUT2D eigenvalue weighted by molar-refractivity contribution is -0.135. The molecule has 0 unspecified atom stereocenters. The van der Waals surface area contributed by atoms with Gasteiger partial charge in [-0.05, 0) is 26.2 Å². The lowest BCUT2D eigenvalue weighted by Crippen LogP contribution is -2.39. The van der Waals surface area contributed by atoms with Gasteiger partial charge in [-0.25, -0.2) is 12.7 Å². The van der Waals surface area contributed by atoms with Gasteiger partial charge >= 0.3 is 0 Å². The molecule has 1 aliphatic heterocycles. The molecule has 0 atom stereocenters. The zero-order chi connectivity index (χ0) is 13.9. The molecule has 6 heteroatoms. The molecular weight excluding hydrogens is 264 g/mol. The molecule has 0 N–H and O–H groups in total. The molecule has 1 amide bonds. The van der Waals surface area contributed by atoms with Gasteiger partial charge in [-0.3, -0.25) is 4.79 Å². The average molecular weight is 288 g/mol. The Kier molecular flexibility index (Phi) is 4.84. The zero-order valence-corrected chi connectivity index (χ0v) is 12.5. The van der Waals surface area contributed by atoms with Gasteiger partial charge in [0, 0.05) is 32.1 Å². The molecule has 19 heavy (non-hydrogen) atoms. The highest BCUT2D eigenvalue weighted by Crippen LogP contribution is 2.27. The van der Waals surface area contributed by atoms with E-state index in [-0.39, 0.29) is 17.6 Å². The van der Waals surface area contributed by atoms with E-state index in [4.69, 9.17) is 0 Å². The van der Waals surface area contributed by atoms with E-state index in [9.17, 15) is 13.2 Å². The maximum absolute atomic E-state index is 12.3. The van der Waals surface area contributed by atoms with Crippen molar-refractivity contribution in [2.24, 2.45) is 5.92 Å². The number of sulfonamides is 1. The quantitative estimate of drug-likeness (QED) is 0.780. The van der Waals surface area contributed by atoms with E-state index >= 15 is 0 Å². The molecule has 0 aromatic rings. The highest BCUT2D eigenvalue weighted by Gasteiger charge is 2.30. The minimum Gasteiger partial charge on any atom is -0.341 e. The molecule has 0 radical (unpaired) electrons. The van der Waals surface area contributed by atoms with Crippen molar-refractivity contribution in [3.8, 4) is 0 Å². The number of rotatable bonds is 3. The number of carbonyl (C=O) groups excluding carboxylic acids is 1. The SMILES string of the molecule is CCS(=O)(=O)N1CCCN(C(=O)C2CCCC2)CC1. The summed E-state index contributed by atoms with van der Waals surface area (Å²) in [6, 6.07) is 0. The molecule has 0 aromatic heterocycles. The molecule has 0 bridgehead atoms. The van der Waals surface area contributed by atoms with E-state index in [0.717, 1.165) is 32.1 Å². The van der Waals surface area contributed by atoms with Gasteiger partial charge < -0.3 is 4.90 Å². The molecule has 2 aliphatic rings. The van der Waals surface area contributed by atoms with Crippen LogP contribution in [0.1, 0.15) is 39.0 Å². The lowest BCUT2D eigenvalue weighted by Gasteiger charge is -2.24. The first-order valence-corrected chi connectivity index (χ1v) is 8.92. The Morgan fingerprint density at radius 2 is 1.74 bits per heavy atom. The number of hydrogen-bond acceptors (Lipinski definition) is 3. The van der Waals surface area contributed by atoms with Crippen molar-refractivity contribution in [3.63, 3.8) is 0 Å². The van der Waals surface area contributed by atoms with E-state index in [1.165, 1.54) is 4.31 Å². The summed E-state index contributed by atoms with van der Waals surface area (Å²) in [6.45, 7) is 3.92. The number of carbonyl (C=O) groups is 1. The van der Waals surface area contributed by atoms with Crippen LogP contribution in [0.2, 0.25) is 0 Å². The van der Waals surface area contributed by atoms with Gasteiger partial charge in [0.05, 0.1) is 5.75 Å². The molecule has 5 nitrogen and oxygen atoms in total. The van der Waals surface area contributed by atoms with Gasteiger partial charge in [0.15, 0.2) is 0 Å². The molecule has 110 valence electrons. The summed E-state index contributed by atoms with van der Waals surface area (Å²) in [5.41, 5.74) is 0. The second kappa shape index (κ2) is 6.22. The first-order valence-electron chi connectivity index (χ1n) is 7.31. The minimum atomic E-state index is -3.12. The van der Waals surface area contributed by atoms with Crippen LogP contribution in [-0.4, -0.2) is 55.5 Å². The summed E-state index contributed by atoms with van der Waals surface area (Å²) in [7, 11) is -3.12. The molecule has 2 rings (SSSR count). The van der Waals surface area contributed by atoms with E-state index < -0.39 is 10.0 Å². The standard InChI is InChI=1S/C13H24N2O3S/c1-2-19(17,18)15-9-5-8-14(10-11-15)13(16)12-6-3-4-7-12/h12H,2-11H2,1H3. The lowest BCUT2D eigenvalue weighted by atomic mass is 10.1. The van der Waals surface area contributed by atoms with Crippen molar-refractivity contribution < 1.29 is 13.2 Å². The number of amides is 1. The van der Waals surface area contributed by atoms with Gasteiger partial charge in [-0.2, -0.15) is 0 Å². The normalized spacial score (nSPS) is 23.5. The van der Waals surface area contributed by atoms with E-state index in [1.54, 1.807) is 6.92 Å². The van der Waals surface area contributed by atoms with E-state index in [2.05, 4.69) is 0 Å². The number of hydrogen-bond donors (Lipinski definition) is 0. The predicted molar refractivity (Wildman–Crippen MR) is 74.2 cm³/mol. The molecule has 0 spiro atoms. The van der Waals surface area contributed by atoms with Crippen LogP contribution in [0.4, 0.5) is 0 Å². The van der Waals surface area contributed by atoms with Crippen LogP contribution >= 0.6 is 0 Å². The molecule has 1 heterocycles. The molecule has 0 aromatic carbocycles. The van der Waals surface area contributed by atoms with Gasteiger partial charge in [-0.1, -0.05) is 12.8 Å². The third-order valence-electron chi connectivity index (χ3n) is 4.23. The van der Waals surface area contributed by atoms with Crippen LogP contribution in [0.25, 0.3) is 0 Å². The summed E-state index contributed by atoms with van der Waals surface area (Å²) >= 11 is 0. The van der Waals surface area contributed by atoms with Crippen LogP contribution in [0.15, 0.2) is 0 Å². The van der Waals surface area contributed by atoms with Crippen molar-refractivity contribution in [1.82, 2.24) is 9.21 Å². The van der Waals surface area contributed by atoms with Gasteiger partial charge in [0.25, 0.3) is 0 Å². The molecule has 2 fully saturated rings. The van der Waals surface area contributed by atoms with Crippen molar-refractivity contribution >= 4 is 15.9 Å². The summed E-state index contributed by atoms with van der Waals surface area (Å²) in [5, 5.41) is 0. The van der Waals surface area contributed by atoms with Crippen LogP contribution in [0, 0.1) is 5.92 Å². The molecule has 1 saturated heterocycles. The highest BCUT2D eigenvalue weighted by atomic mass is 32.2. The Morgan fingerprint density at radius 1 is 1.05 bits per heavy atom. The maximum atomic E-state index is 12.3. The van der Waals surface area contributed by atoms with Crippen LogP contribution in [0.5, 0.6) is 0 Å². The van der Waals surface area contributed by atoms with Crippen molar-refractivity contribution in [2.45, 2.75) is 39.0 Å². The van der Waals surface area contributed by atoms with Gasteiger partial charge in [0.1, 0.15) is 0 Å². The first kappa shape index (κ1) is 14.8. The van der Waals surface area contributed by atoms with Gasteiger partial charge in [0.2, 0.25) is 15.9 Å². The molecule has 1 aliphatic carbocycles. The van der Waals surface area contributed by atoms with E-state index in [1.807, 2.05) is 4.90 Å². The van der Waals surface area contributed by atoms with E-state index in [0.29, 0.717) is 26.2 Å². The predicted octanol–water partition coefficient (Wildman–Crippen LogP) is 1.06. The van der Waals surface area contributed by atoms with Crippen LogP contribution in [0.3, 0.4) is 0 Å². The van der Waals surface area contributed by atoms with Crippen molar-refractivity contribution in [1.29, 1.82) is 0 Å². The largest absolute Gasteiger partial charge is 0.341 e. The topological polar surface area (TPSA) is 57.7 Å². The Labute approximate surface area is 116 Å². The first-order chi connectivity index (χ1) is 9.04. The Balaban J connectivity index is 1.94. The second-order valence-corrected chi connectivity index (χ2v) is 7.72. The average Bonchev–Trinajstić information content (AvgIpc) is 2.81. The minimum absolute atomic E-state index is 0.142. The Hall–Kier alpha value is -0.620. The summed E-state index contributed by atoms with van der Waals surface area (Å²) in [5.74, 6) is 0.575. The fourth-order valence-electron chi connectivity index (χ4n) is 3.01. The second-order valence-electron chi connectivity index (χ2n) is 5.46. The number of nitrogens with zero attached hydrogens (tertiary/aromatic N) is 2.